The standard InChI is InChI=1S/C15H17N3O2/c1-4-18-14(19)8-7-13(17-18)15(20)16-12-6-5-10(2)9-11(12)3/h5-9H,4H2,1-3H3,(H,16,20). The molecule has 0 atom stereocenters. The average Bonchev–Trinajstić information content (AvgIpc) is 2.42. The highest BCUT2D eigenvalue weighted by Gasteiger charge is 2.10. The van der Waals surface area contributed by atoms with E-state index in [1.807, 2.05) is 32.0 Å². The van der Waals surface area contributed by atoms with Crippen LogP contribution in [0.25, 0.3) is 0 Å². The number of nitrogens with zero attached hydrogens (tertiary/aromatic N) is 2. The largest absolute Gasteiger partial charge is 0.320 e. The molecule has 1 amide bonds. The van der Waals surface area contributed by atoms with Gasteiger partial charge in [-0.3, -0.25) is 9.59 Å². The van der Waals surface area contributed by atoms with E-state index in [-0.39, 0.29) is 17.2 Å². The number of amides is 1. The van der Waals surface area contributed by atoms with E-state index in [0.717, 1.165) is 16.8 Å². The van der Waals surface area contributed by atoms with E-state index in [4.69, 9.17) is 0 Å². The lowest BCUT2D eigenvalue weighted by Gasteiger charge is -2.09. The summed E-state index contributed by atoms with van der Waals surface area (Å²) < 4.78 is 1.26. The van der Waals surface area contributed by atoms with Crippen LogP contribution < -0.4 is 10.9 Å². The Kier molecular flexibility index (Phi) is 3.98. The molecule has 20 heavy (non-hydrogen) atoms. The monoisotopic (exact) mass is 271 g/mol. The number of nitrogens with one attached hydrogen (secondary N) is 1. The van der Waals surface area contributed by atoms with Crippen molar-refractivity contribution >= 4 is 11.6 Å². The number of aromatic nitrogens is 2. The molecule has 0 saturated heterocycles. The van der Waals surface area contributed by atoms with Crippen LogP contribution in [0.1, 0.15) is 28.5 Å². The van der Waals surface area contributed by atoms with E-state index in [9.17, 15) is 9.59 Å². The predicted octanol–water partition coefficient (Wildman–Crippen LogP) is 2.13. The third-order valence-corrected chi connectivity index (χ3v) is 3.03. The Morgan fingerprint density at radius 2 is 2.00 bits per heavy atom. The molecular formula is C15H17N3O2. The first-order chi connectivity index (χ1) is 9.51. The zero-order valence-electron chi connectivity index (χ0n) is 11.8. The lowest BCUT2D eigenvalue weighted by molar-refractivity contribution is 0.102. The molecule has 0 aliphatic carbocycles. The summed E-state index contributed by atoms with van der Waals surface area (Å²) in [5, 5.41) is 6.83. The molecule has 0 aliphatic rings. The number of benzene rings is 1. The van der Waals surface area contributed by atoms with Crippen molar-refractivity contribution in [2.24, 2.45) is 0 Å². The molecule has 2 rings (SSSR count). The van der Waals surface area contributed by atoms with Crippen LogP contribution in [0.3, 0.4) is 0 Å². The van der Waals surface area contributed by atoms with Gasteiger partial charge in [0.25, 0.3) is 11.5 Å². The van der Waals surface area contributed by atoms with E-state index in [1.54, 1.807) is 6.92 Å². The highest BCUT2D eigenvalue weighted by molar-refractivity contribution is 6.03. The maximum Gasteiger partial charge on any atom is 0.276 e. The second-order valence-corrected chi connectivity index (χ2v) is 4.65. The minimum atomic E-state index is -0.320. The van der Waals surface area contributed by atoms with Crippen molar-refractivity contribution in [2.75, 3.05) is 5.32 Å². The van der Waals surface area contributed by atoms with Crippen molar-refractivity contribution in [1.29, 1.82) is 0 Å². The minimum absolute atomic E-state index is 0.212. The Bertz CT molecular complexity index is 705. The maximum absolute atomic E-state index is 12.1. The highest BCUT2D eigenvalue weighted by atomic mass is 16.2. The van der Waals surface area contributed by atoms with Crippen molar-refractivity contribution in [3.8, 4) is 0 Å². The Labute approximate surface area is 117 Å². The van der Waals surface area contributed by atoms with Crippen LogP contribution in [0.15, 0.2) is 35.1 Å². The Balaban J connectivity index is 2.26. The van der Waals surface area contributed by atoms with Gasteiger partial charge in [-0.2, -0.15) is 5.10 Å². The molecule has 5 heteroatoms. The summed E-state index contributed by atoms with van der Waals surface area (Å²) in [6.45, 7) is 6.17. The van der Waals surface area contributed by atoms with Crippen LogP contribution >= 0.6 is 0 Å². The number of carbonyl (C=O) groups excluding carboxylic acids is 1. The van der Waals surface area contributed by atoms with Crippen LogP contribution in [-0.2, 0) is 6.54 Å². The second-order valence-electron chi connectivity index (χ2n) is 4.65. The molecule has 1 aromatic carbocycles. The summed E-state index contributed by atoms with van der Waals surface area (Å²) >= 11 is 0. The number of anilines is 1. The van der Waals surface area contributed by atoms with Crippen LogP contribution in [0.2, 0.25) is 0 Å². The van der Waals surface area contributed by atoms with Gasteiger partial charge >= 0.3 is 0 Å². The number of aryl methyl sites for hydroxylation is 3. The fourth-order valence-electron chi connectivity index (χ4n) is 1.94. The van der Waals surface area contributed by atoms with Crippen molar-refractivity contribution in [3.63, 3.8) is 0 Å². The van der Waals surface area contributed by atoms with Gasteiger partial charge < -0.3 is 5.32 Å². The van der Waals surface area contributed by atoms with E-state index < -0.39 is 0 Å². The zero-order valence-corrected chi connectivity index (χ0v) is 11.8. The molecular weight excluding hydrogens is 254 g/mol. The van der Waals surface area contributed by atoms with Gasteiger partial charge in [-0.25, -0.2) is 4.68 Å². The number of rotatable bonds is 3. The lowest BCUT2D eigenvalue weighted by Crippen LogP contribution is -2.25. The van der Waals surface area contributed by atoms with Crippen molar-refractivity contribution < 1.29 is 4.79 Å². The summed E-state index contributed by atoms with van der Waals surface area (Å²) in [4.78, 5) is 23.6. The normalized spacial score (nSPS) is 10.3. The van der Waals surface area contributed by atoms with E-state index in [2.05, 4.69) is 10.4 Å². The quantitative estimate of drug-likeness (QED) is 0.930. The zero-order chi connectivity index (χ0) is 14.7. The Hall–Kier alpha value is -2.43. The molecule has 0 spiro atoms. The third-order valence-electron chi connectivity index (χ3n) is 3.03. The molecule has 104 valence electrons. The molecule has 1 aromatic heterocycles. The van der Waals surface area contributed by atoms with Crippen LogP contribution in [0.5, 0.6) is 0 Å². The first-order valence-corrected chi connectivity index (χ1v) is 6.48. The van der Waals surface area contributed by atoms with Gasteiger partial charge in [0.1, 0.15) is 5.69 Å². The maximum atomic E-state index is 12.1. The van der Waals surface area contributed by atoms with Crippen LogP contribution in [0.4, 0.5) is 5.69 Å². The number of hydrogen-bond acceptors (Lipinski definition) is 3. The Morgan fingerprint density at radius 1 is 1.25 bits per heavy atom. The summed E-state index contributed by atoms with van der Waals surface area (Å²) in [5.41, 5.74) is 2.89. The molecule has 0 unspecified atom stereocenters. The number of carbonyl (C=O) groups is 1. The molecule has 0 aliphatic heterocycles. The van der Waals surface area contributed by atoms with E-state index >= 15 is 0 Å². The van der Waals surface area contributed by atoms with Crippen LogP contribution in [-0.4, -0.2) is 15.7 Å². The van der Waals surface area contributed by atoms with Gasteiger partial charge in [0.2, 0.25) is 0 Å². The van der Waals surface area contributed by atoms with Gasteiger partial charge in [0.05, 0.1) is 0 Å². The molecule has 1 heterocycles. The fourth-order valence-corrected chi connectivity index (χ4v) is 1.94. The summed E-state index contributed by atoms with van der Waals surface area (Å²) in [7, 11) is 0. The molecule has 0 bridgehead atoms. The molecule has 0 radical (unpaired) electrons. The molecule has 0 fully saturated rings. The van der Waals surface area contributed by atoms with Gasteiger partial charge in [-0.15, -0.1) is 0 Å². The average molecular weight is 271 g/mol. The smallest absolute Gasteiger partial charge is 0.276 e. The summed E-state index contributed by atoms with van der Waals surface area (Å²) in [5.74, 6) is -0.320. The topological polar surface area (TPSA) is 64.0 Å². The summed E-state index contributed by atoms with van der Waals surface area (Å²) in [6.07, 6.45) is 0. The van der Waals surface area contributed by atoms with Gasteiger partial charge in [0, 0.05) is 18.3 Å². The second kappa shape index (κ2) is 5.69. The molecule has 2 aromatic rings. The molecule has 5 nitrogen and oxygen atoms in total. The lowest BCUT2D eigenvalue weighted by atomic mass is 10.1. The minimum Gasteiger partial charge on any atom is -0.320 e. The summed E-state index contributed by atoms with van der Waals surface area (Å²) in [6, 6.07) is 8.58. The predicted molar refractivity (Wildman–Crippen MR) is 78.0 cm³/mol. The highest BCUT2D eigenvalue weighted by Crippen LogP contribution is 2.16. The van der Waals surface area contributed by atoms with E-state index in [0.29, 0.717) is 6.54 Å². The van der Waals surface area contributed by atoms with Gasteiger partial charge in [0.15, 0.2) is 0 Å². The van der Waals surface area contributed by atoms with Crippen molar-refractivity contribution in [1.82, 2.24) is 9.78 Å². The molecule has 1 N–H and O–H groups in total. The van der Waals surface area contributed by atoms with Crippen molar-refractivity contribution in [2.45, 2.75) is 27.3 Å². The first kappa shape index (κ1) is 14.0. The van der Waals surface area contributed by atoms with Gasteiger partial charge in [-0.05, 0) is 38.5 Å². The van der Waals surface area contributed by atoms with Crippen LogP contribution in [0, 0.1) is 13.8 Å². The Morgan fingerprint density at radius 3 is 2.65 bits per heavy atom. The van der Waals surface area contributed by atoms with Crippen molar-refractivity contribution in [3.05, 3.63) is 57.5 Å². The van der Waals surface area contributed by atoms with E-state index in [1.165, 1.54) is 16.8 Å². The number of hydrogen-bond donors (Lipinski definition) is 1. The third kappa shape index (κ3) is 2.93. The van der Waals surface area contributed by atoms with Gasteiger partial charge in [-0.1, -0.05) is 17.7 Å². The first-order valence-electron chi connectivity index (χ1n) is 6.48. The SMILES string of the molecule is CCn1nc(C(=O)Nc2ccc(C)cc2C)ccc1=O. The molecule has 0 saturated carbocycles. The fraction of sp³-hybridized carbons (Fsp3) is 0.267.